The van der Waals surface area contributed by atoms with Gasteiger partial charge in [-0.1, -0.05) is 0 Å². The number of aromatic nitrogens is 1. The molecule has 0 unspecified atom stereocenters. The Morgan fingerprint density at radius 3 is 2.36 bits per heavy atom. The van der Waals surface area contributed by atoms with Crippen LogP contribution in [-0.2, 0) is 0 Å². The van der Waals surface area contributed by atoms with Crippen LogP contribution in [0.5, 0.6) is 0 Å². The molecular weight excluding hydrogens is 174 g/mol. The summed E-state index contributed by atoms with van der Waals surface area (Å²) in [6.45, 7) is 6.37. The van der Waals surface area contributed by atoms with Gasteiger partial charge in [-0.2, -0.15) is 0 Å². The summed E-state index contributed by atoms with van der Waals surface area (Å²) in [5, 5.41) is 1.18. The van der Waals surface area contributed by atoms with Crippen molar-refractivity contribution in [2.45, 2.75) is 20.8 Å². The molecule has 0 aliphatic rings. The van der Waals surface area contributed by atoms with Gasteiger partial charge in [0.2, 0.25) is 0 Å². The van der Waals surface area contributed by atoms with Crippen LogP contribution in [0.2, 0.25) is 0 Å². The molecule has 11 heavy (non-hydrogen) atoms. The second kappa shape index (κ2) is 2.29. The Labute approximate surface area is 73.7 Å². The first-order valence-electron chi connectivity index (χ1n) is 3.51. The molecule has 2 aromatic rings. The molecular formula is C8H9NS2. The van der Waals surface area contributed by atoms with Gasteiger partial charge in [-0.3, -0.25) is 0 Å². The van der Waals surface area contributed by atoms with Crippen molar-refractivity contribution < 1.29 is 0 Å². The highest BCUT2D eigenvalue weighted by Crippen LogP contribution is 2.33. The van der Waals surface area contributed by atoms with E-state index < -0.39 is 0 Å². The van der Waals surface area contributed by atoms with Crippen molar-refractivity contribution in [3.8, 4) is 0 Å². The maximum absolute atomic E-state index is 4.46. The second-order valence-electron chi connectivity index (χ2n) is 2.63. The molecule has 0 atom stereocenters. The highest BCUT2D eigenvalue weighted by Gasteiger charge is 2.08. The number of nitrogens with zero attached hydrogens (tertiary/aromatic N) is 1. The van der Waals surface area contributed by atoms with Crippen LogP contribution in [0.3, 0.4) is 0 Å². The van der Waals surface area contributed by atoms with Crippen LogP contribution in [0.25, 0.3) is 10.2 Å². The van der Waals surface area contributed by atoms with E-state index in [1.807, 2.05) is 11.3 Å². The largest absolute Gasteiger partial charge is 0.240 e. The topological polar surface area (TPSA) is 12.9 Å². The molecule has 0 aliphatic heterocycles. The van der Waals surface area contributed by atoms with Crippen molar-refractivity contribution in [2.24, 2.45) is 0 Å². The number of thiazole rings is 1. The molecule has 0 amide bonds. The van der Waals surface area contributed by atoms with Gasteiger partial charge in [0.1, 0.15) is 0 Å². The second-order valence-corrected chi connectivity index (χ2v) is 5.26. The van der Waals surface area contributed by atoms with E-state index >= 15 is 0 Å². The number of aryl methyl sites for hydroxylation is 3. The number of rotatable bonds is 0. The molecule has 0 fully saturated rings. The van der Waals surface area contributed by atoms with E-state index in [0.29, 0.717) is 0 Å². The van der Waals surface area contributed by atoms with Gasteiger partial charge < -0.3 is 0 Å². The predicted molar refractivity (Wildman–Crippen MR) is 51.7 cm³/mol. The minimum Gasteiger partial charge on any atom is -0.240 e. The number of hydrogen-bond acceptors (Lipinski definition) is 3. The van der Waals surface area contributed by atoms with E-state index in [2.05, 4.69) is 25.8 Å². The van der Waals surface area contributed by atoms with E-state index in [1.54, 1.807) is 11.3 Å². The summed E-state index contributed by atoms with van der Waals surface area (Å²) in [4.78, 5) is 7.22. The molecule has 2 heterocycles. The maximum atomic E-state index is 4.46. The zero-order chi connectivity index (χ0) is 8.01. The van der Waals surface area contributed by atoms with Crippen LogP contribution in [0, 0.1) is 20.8 Å². The summed E-state index contributed by atoms with van der Waals surface area (Å²) >= 11 is 3.64. The van der Waals surface area contributed by atoms with Crippen LogP contribution in [-0.4, -0.2) is 4.98 Å². The quantitative estimate of drug-likeness (QED) is 0.610. The highest BCUT2D eigenvalue weighted by molar-refractivity contribution is 7.24. The Kier molecular flexibility index (Phi) is 1.51. The molecule has 3 heteroatoms. The summed E-state index contributed by atoms with van der Waals surface area (Å²) in [5.74, 6) is 0. The highest BCUT2D eigenvalue weighted by atomic mass is 32.1. The van der Waals surface area contributed by atoms with Crippen molar-refractivity contribution in [1.82, 2.24) is 4.98 Å². The van der Waals surface area contributed by atoms with E-state index in [1.165, 1.54) is 25.0 Å². The molecule has 1 nitrogen and oxygen atoms in total. The zero-order valence-corrected chi connectivity index (χ0v) is 8.40. The third-order valence-electron chi connectivity index (χ3n) is 1.69. The lowest BCUT2D eigenvalue weighted by Gasteiger charge is -1.78. The fourth-order valence-electron chi connectivity index (χ4n) is 1.23. The van der Waals surface area contributed by atoms with Gasteiger partial charge in [0.25, 0.3) is 0 Å². The average Bonchev–Trinajstić information content (AvgIpc) is 2.38. The molecule has 0 saturated carbocycles. The Morgan fingerprint density at radius 1 is 1.00 bits per heavy atom. The third-order valence-corrected chi connectivity index (χ3v) is 3.92. The Bertz CT molecular complexity index is 363. The van der Waals surface area contributed by atoms with E-state index in [4.69, 9.17) is 0 Å². The lowest BCUT2D eigenvalue weighted by molar-refractivity contribution is 1.34. The Hall–Kier alpha value is -0.410. The van der Waals surface area contributed by atoms with Crippen LogP contribution >= 0.6 is 22.7 Å². The molecule has 0 saturated heterocycles. The monoisotopic (exact) mass is 183 g/mol. The van der Waals surface area contributed by atoms with Crippen molar-refractivity contribution in [3.63, 3.8) is 0 Å². The van der Waals surface area contributed by atoms with Gasteiger partial charge in [0, 0.05) is 9.75 Å². The first-order chi connectivity index (χ1) is 5.18. The molecule has 0 N–H and O–H groups in total. The van der Waals surface area contributed by atoms with Crippen molar-refractivity contribution in [2.75, 3.05) is 0 Å². The Balaban J connectivity index is 2.92. The summed E-state index contributed by atoms with van der Waals surface area (Å²) in [6.07, 6.45) is 0. The lowest BCUT2D eigenvalue weighted by atomic mass is 10.4. The van der Waals surface area contributed by atoms with Crippen LogP contribution in [0.1, 0.15) is 14.8 Å². The SMILES string of the molecule is Cc1nc2c(C)sc(C)c2s1. The molecule has 58 valence electrons. The van der Waals surface area contributed by atoms with E-state index in [0.717, 1.165) is 0 Å². The average molecular weight is 183 g/mol. The fraction of sp³-hybridized carbons (Fsp3) is 0.375. The summed E-state index contributed by atoms with van der Waals surface area (Å²) in [7, 11) is 0. The molecule has 0 radical (unpaired) electrons. The molecule has 0 aromatic carbocycles. The number of hydrogen-bond donors (Lipinski definition) is 0. The van der Waals surface area contributed by atoms with Gasteiger partial charge in [0.15, 0.2) is 0 Å². The smallest absolute Gasteiger partial charge is 0.0954 e. The normalized spacial score (nSPS) is 11.2. The number of thiophene rings is 1. The first kappa shape index (κ1) is 7.25. The summed E-state index contributed by atoms with van der Waals surface area (Å²) < 4.78 is 1.38. The van der Waals surface area contributed by atoms with E-state index in [-0.39, 0.29) is 0 Å². The zero-order valence-electron chi connectivity index (χ0n) is 6.76. The van der Waals surface area contributed by atoms with Gasteiger partial charge in [-0.25, -0.2) is 4.98 Å². The van der Waals surface area contributed by atoms with Crippen molar-refractivity contribution >= 4 is 32.9 Å². The fourth-order valence-corrected chi connectivity index (χ4v) is 3.31. The van der Waals surface area contributed by atoms with Crippen molar-refractivity contribution in [1.29, 1.82) is 0 Å². The molecule has 0 spiro atoms. The van der Waals surface area contributed by atoms with E-state index in [9.17, 15) is 0 Å². The standard InChI is InChI=1S/C8H9NS2/c1-4-7-8(5(2)10-4)11-6(3)9-7/h1-3H3. The molecule has 0 bridgehead atoms. The molecule has 2 aromatic heterocycles. The number of fused-ring (bicyclic) bond motifs is 1. The predicted octanol–water partition coefficient (Wildman–Crippen LogP) is 3.28. The minimum atomic E-state index is 1.18. The first-order valence-corrected chi connectivity index (χ1v) is 5.15. The van der Waals surface area contributed by atoms with Crippen LogP contribution in [0.15, 0.2) is 0 Å². The summed E-state index contributed by atoms with van der Waals surface area (Å²) in [5.41, 5.74) is 1.22. The van der Waals surface area contributed by atoms with Gasteiger partial charge in [0.05, 0.1) is 15.2 Å². The third kappa shape index (κ3) is 0.993. The summed E-state index contributed by atoms with van der Waals surface area (Å²) in [6, 6.07) is 0. The molecule has 2 rings (SSSR count). The van der Waals surface area contributed by atoms with Gasteiger partial charge in [-0.15, -0.1) is 22.7 Å². The lowest BCUT2D eigenvalue weighted by Crippen LogP contribution is -1.66. The Morgan fingerprint density at radius 2 is 1.73 bits per heavy atom. The van der Waals surface area contributed by atoms with Gasteiger partial charge >= 0.3 is 0 Å². The minimum absolute atomic E-state index is 1.18. The maximum Gasteiger partial charge on any atom is 0.0954 e. The molecule has 0 aliphatic carbocycles. The van der Waals surface area contributed by atoms with Crippen molar-refractivity contribution in [3.05, 3.63) is 14.8 Å². The van der Waals surface area contributed by atoms with Crippen LogP contribution in [0.4, 0.5) is 0 Å². The van der Waals surface area contributed by atoms with Gasteiger partial charge in [-0.05, 0) is 20.8 Å². The van der Waals surface area contributed by atoms with Crippen LogP contribution < -0.4 is 0 Å².